The summed E-state index contributed by atoms with van der Waals surface area (Å²) in [5, 5.41) is 0. The van der Waals surface area contributed by atoms with Crippen molar-refractivity contribution in [2.24, 2.45) is 0 Å². The molecule has 1 aromatic heterocycles. The van der Waals surface area contributed by atoms with E-state index in [9.17, 15) is 9.18 Å². The van der Waals surface area contributed by atoms with Gasteiger partial charge in [0.25, 0.3) is 0 Å². The first kappa shape index (κ1) is 13.2. The summed E-state index contributed by atoms with van der Waals surface area (Å²) in [6, 6.07) is 2.51. The van der Waals surface area contributed by atoms with E-state index in [1.54, 1.807) is 0 Å². The van der Waals surface area contributed by atoms with Crippen LogP contribution in [0, 0.1) is 5.95 Å². The van der Waals surface area contributed by atoms with Crippen LogP contribution in [0.1, 0.15) is 38.1 Å². The molecule has 0 aliphatic carbocycles. The van der Waals surface area contributed by atoms with E-state index >= 15 is 0 Å². The van der Waals surface area contributed by atoms with Gasteiger partial charge in [0, 0.05) is 5.56 Å². The van der Waals surface area contributed by atoms with Crippen molar-refractivity contribution in [3.63, 3.8) is 0 Å². The molecule has 0 N–H and O–H groups in total. The Balaban J connectivity index is 2.40. The van der Waals surface area contributed by atoms with Crippen molar-refractivity contribution in [3.8, 4) is 0 Å². The van der Waals surface area contributed by atoms with Gasteiger partial charge in [-0.05, 0) is 39.8 Å². The van der Waals surface area contributed by atoms with Gasteiger partial charge in [-0.2, -0.15) is 4.39 Å². The zero-order valence-electron chi connectivity index (χ0n) is 10.9. The van der Waals surface area contributed by atoms with Crippen LogP contribution in [0.4, 0.5) is 4.39 Å². The molecule has 0 saturated carbocycles. The van der Waals surface area contributed by atoms with Crippen molar-refractivity contribution in [3.05, 3.63) is 23.6 Å². The monoisotopic (exact) mass is 251 g/mol. The summed E-state index contributed by atoms with van der Waals surface area (Å²) in [6.07, 6.45) is 0.618. The molecule has 6 heteroatoms. The smallest absolute Gasteiger partial charge is 0.398 e. The topological polar surface area (TPSA) is 48.4 Å². The average Bonchev–Trinajstić information content (AvgIpc) is 2.48. The van der Waals surface area contributed by atoms with Crippen LogP contribution in [0.2, 0.25) is 0 Å². The summed E-state index contributed by atoms with van der Waals surface area (Å²) in [5.74, 6) is -0.662. The van der Waals surface area contributed by atoms with E-state index in [-0.39, 0.29) is 11.2 Å². The molecular formula is C12H15BFNO3. The molecule has 0 radical (unpaired) electrons. The van der Waals surface area contributed by atoms with Gasteiger partial charge >= 0.3 is 7.12 Å². The minimum absolute atomic E-state index is 0.184. The molecule has 0 bridgehead atoms. The number of aldehydes is 1. The van der Waals surface area contributed by atoms with Crippen LogP contribution in [-0.4, -0.2) is 29.6 Å². The summed E-state index contributed by atoms with van der Waals surface area (Å²) in [6.45, 7) is 7.53. The first-order valence-electron chi connectivity index (χ1n) is 5.74. The standard InChI is InChI=1S/C12H15BFNO3/c1-11(2)12(3,4)18-13(17-11)10-8(7-16)5-6-9(14)15-10/h5-7H,1-4H3. The second kappa shape index (κ2) is 4.14. The molecule has 1 aliphatic rings. The summed E-state index contributed by atoms with van der Waals surface area (Å²) in [7, 11) is -0.828. The number of pyridine rings is 1. The van der Waals surface area contributed by atoms with Crippen molar-refractivity contribution < 1.29 is 18.5 Å². The molecule has 2 heterocycles. The highest BCUT2D eigenvalue weighted by molar-refractivity contribution is 6.62. The van der Waals surface area contributed by atoms with Crippen LogP contribution in [0.5, 0.6) is 0 Å². The lowest BCUT2D eigenvalue weighted by Crippen LogP contribution is -2.41. The number of rotatable bonds is 2. The predicted molar refractivity (Wildman–Crippen MR) is 65.3 cm³/mol. The van der Waals surface area contributed by atoms with Crippen molar-refractivity contribution in [1.82, 2.24) is 4.98 Å². The van der Waals surface area contributed by atoms with Crippen molar-refractivity contribution in [2.75, 3.05) is 0 Å². The first-order chi connectivity index (χ1) is 8.27. The van der Waals surface area contributed by atoms with Gasteiger partial charge in [0.2, 0.25) is 5.95 Å². The number of hydrogen-bond acceptors (Lipinski definition) is 4. The SMILES string of the molecule is CC1(C)OB(c2nc(F)ccc2C=O)OC1(C)C. The molecular weight excluding hydrogens is 236 g/mol. The Morgan fingerprint density at radius 3 is 2.28 bits per heavy atom. The number of carbonyl (C=O) groups excluding carboxylic acids is 1. The normalized spacial score (nSPS) is 21.1. The lowest BCUT2D eigenvalue weighted by Gasteiger charge is -2.32. The van der Waals surface area contributed by atoms with Crippen LogP contribution in [-0.2, 0) is 9.31 Å². The summed E-state index contributed by atoms with van der Waals surface area (Å²) in [5.41, 5.74) is -0.643. The van der Waals surface area contributed by atoms with E-state index < -0.39 is 24.3 Å². The number of hydrogen-bond donors (Lipinski definition) is 0. The quantitative estimate of drug-likeness (QED) is 0.452. The Morgan fingerprint density at radius 2 is 1.78 bits per heavy atom. The Labute approximate surface area is 106 Å². The Morgan fingerprint density at radius 1 is 1.22 bits per heavy atom. The van der Waals surface area contributed by atoms with Crippen LogP contribution >= 0.6 is 0 Å². The zero-order chi connectivity index (χ0) is 13.6. The van der Waals surface area contributed by atoms with E-state index in [2.05, 4.69) is 4.98 Å². The second-order valence-corrected chi connectivity index (χ2v) is 5.31. The third-order valence-electron chi connectivity index (χ3n) is 3.53. The van der Waals surface area contributed by atoms with E-state index in [0.29, 0.717) is 6.29 Å². The Kier molecular flexibility index (Phi) is 3.03. The molecule has 1 aliphatic heterocycles. The lowest BCUT2D eigenvalue weighted by molar-refractivity contribution is 0.00578. The molecule has 96 valence electrons. The van der Waals surface area contributed by atoms with Crippen molar-refractivity contribution >= 4 is 19.0 Å². The minimum atomic E-state index is -0.828. The predicted octanol–water partition coefficient (Wildman–Crippen LogP) is 1.33. The molecule has 0 amide bonds. The fourth-order valence-corrected chi connectivity index (χ4v) is 1.70. The maximum atomic E-state index is 13.2. The largest absolute Gasteiger partial charge is 0.515 e. The van der Waals surface area contributed by atoms with Crippen molar-refractivity contribution in [1.29, 1.82) is 0 Å². The van der Waals surface area contributed by atoms with E-state index in [1.807, 2.05) is 27.7 Å². The Hall–Kier alpha value is -1.27. The second-order valence-electron chi connectivity index (χ2n) is 5.31. The van der Waals surface area contributed by atoms with E-state index in [0.717, 1.165) is 6.07 Å². The third-order valence-corrected chi connectivity index (χ3v) is 3.53. The molecule has 0 aromatic carbocycles. The molecule has 1 aromatic rings. The highest BCUT2D eigenvalue weighted by atomic mass is 19.1. The van der Waals surface area contributed by atoms with Gasteiger partial charge in [-0.1, -0.05) is 0 Å². The number of nitrogens with zero attached hydrogens (tertiary/aromatic N) is 1. The van der Waals surface area contributed by atoms with Crippen LogP contribution in [0.3, 0.4) is 0 Å². The molecule has 0 unspecified atom stereocenters. The third kappa shape index (κ3) is 2.06. The van der Waals surface area contributed by atoms with E-state index in [4.69, 9.17) is 9.31 Å². The highest BCUT2D eigenvalue weighted by Crippen LogP contribution is 2.36. The van der Waals surface area contributed by atoms with Gasteiger partial charge in [0.15, 0.2) is 6.29 Å². The van der Waals surface area contributed by atoms with E-state index in [1.165, 1.54) is 6.07 Å². The molecule has 0 atom stereocenters. The van der Waals surface area contributed by atoms with Gasteiger partial charge in [-0.25, -0.2) is 4.98 Å². The van der Waals surface area contributed by atoms with Gasteiger partial charge in [0.1, 0.15) is 0 Å². The maximum Gasteiger partial charge on any atom is 0.515 e. The Bertz CT molecular complexity index is 474. The molecule has 18 heavy (non-hydrogen) atoms. The summed E-state index contributed by atoms with van der Waals surface area (Å²) < 4.78 is 24.7. The lowest BCUT2D eigenvalue weighted by atomic mass is 9.81. The summed E-state index contributed by atoms with van der Waals surface area (Å²) >= 11 is 0. The van der Waals surface area contributed by atoms with Gasteiger partial charge in [-0.3, -0.25) is 4.79 Å². The number of halogens is 1. The van der Waals surface area contributed by atoms with Crippen LogP contribution in [0.15, 0.2) is 12.1 Å². The van der Waals surface area contributed by atoms with Gasteiger partial charge < -0.3 is 9.31 Å². The molecule has 0 spiro atoms. The number of carbonyl (C=O) groups is 1. The zero-order valence-corrected chi connectivity index (χ0v) is 10.9. The molecule has 2 rings (SSSR count). The molecule has 1 saturated heterocycles. The van der Waals surface area contributed by atoms with Gasteiger partial charge in [-0.15, -0.1) is 0 Å². The van der Waals surface area contributed by atoms with Crippen LogP contribution in [0.25, 0.3) is 0 Å². The van der Waals surface area contributed by atoms with Crippen molar-refractivity contribution in [2.45, 2.75) is 38.9 Å². The fraction of sp³-hybridized carbons (Fsp3) is 0.500. The minimum Gasteiger partial charge on any atom is -0.398 e. The fourth-order valence-electron chi connectivity index (χ4n) is 1.70. The van der Waals surface area contributed by atoms with Gasteiger partial charge in [0.05, 0.1) is 16.8 Å². The first-order valence-corrected chi connectivity index (χ1v) is 5.74. The molecule has 1 fully saturated rings. The maximum absolute atomic E-state index is 13.2. The molecule has 4 nitrogen and oxygen atoms in total. The summed E-state index contributed by atoms with van der Waals surface area (Å²) in [4.78, 5) is 14.7. The highest BCUT2D eigenvalue weighted by Gasteiger charge is 2.53. The average molecular weight is 251 g/mol. The van der Waals surface area contributed by atoms with Crippen LogP contribution < -0.4 is 5.59 Å². The number of aromatic nitrogens is 1.